The Morgan fingerprint density at radius 3 is 2.67 bits per heavy atom. The Hall–Kier alpha value is -1.40. The molecule has 2 fully saturated rings. The van der Waals surface area contributed by atoms with Crippen LogP contribution in [0.4, 0.5) is 0 Å². The average Bonchev–Trinajstić information content (AvgIpc) is 3.26. The summed E-state index contributed by atoms with van der Waals surface area (Å²) in [5.41, 5.74) is 0. The van der Waals surface area contributed by atoms with E-state index in [1.165, 1.54) is 0 Å². The van der Waals surface area contributed by atoms with Crippen LogP contribution in [0.5, 0.6) is 0 Å². The summed E-state index contributed by atoms with van der Waals surface area (Å²) in [7, 11) is 5.99. The summed E-state index contributed by atoms with van der Waals surface area (Å²) in [4.78, 5) is 32.5. The van der Waals surface area contributed by atoms with Crippen molar-refractivity contribution >= 4 is 23.2 Å². The van der Waals surface area contributed by atoms with Crippen LogP contribution in [0.2, 0.25) is 0 Å². The zero-order valence-electron chi connectivity index (χ0n) is 14.9. The van der Waals surface area contributed by atoms with E-state index in [9.17, 15) is 9.59 Å². The van der Waals surface area contributed by atoms with Crippen molar-refractivity contribution in [2.75, 3.05) is 34.2 Å². The Morgan fingerprint density at radius 2 is 2.12 bits per heavy atom. The molecule has 0 saturated carbocycles. The van der Waals surface area contributed by atoms with Gasteiger partial charge in [0.2, 0.25) is 11.8 Å². The third kappa shape index (κ3) is 2.97. The van der Waals surface area contributed by atoms with Crippen molar-refractivity contribution in [3.63, 3.8) is 0 Å². The zero-order chi connectivity index (χ0) is 17.4. The van der Waals surface area contributed by atoms with E-state index in [0.717, 1.165) is 24.4 Å². The molecule has 132 valence electrons. The molecule has 1 aromatic heterocycles. The number of rotatable bonds is 4. The Bertz CT molecular complexity index is 601. The smallest absolute Gasteiger partial charge is 0.228 e. The molecule has 6 heteroatoms. The van der Waals surface area contributed by atoms with Gasteiger partial charge >= 0.3 is 0 Å². The highest BCUT2D eigenvalue weighted by Gasteiger charge is 2.46. The van der Waals surface area contributed by atoms with E-state index in [1.54, 1.807) is 16.2 Å². The van der Waals surface area contributed by atoms with Crippen molar-refractivity contribution in [3.8, 4) is 0 Å². The molecular formula is C18H27N3O2S. The minimum absolute atomic E-state index is 0.0714. The highest BCUT2D eigenvalue weighted by Crippen LogP contribution is 2.40. The van der Waals surface area contributed by atoms with E-state index in [4.69, 9.17) is 0 Å². The van der Waals surface area contributed by atoms with Crippen LogP contribution in [-0.4, -0.2) is 66.8 Å². The van der Waals surface area contributed by atoms with Gasteiger partial charge in [0.25, 0.3) is 0 Å². The fraction of sp³-hybridized carbons (Fsp3) is 0.667. The van der Waals surface area contributed by atoms with Crippen molar-refractivity contribution in [1.82, 2.24) is 14.7 Å². The van der Waals surface area contributed by atoms with Crippen LogP contribution in [0.25, 0.3) is 0 Å². The third-order valence-electron chi connectivity index (χ3n) is 5.64. The molecule has 3 rings (SSSR count). The molecular weight excluding hydrogens is 322 g/mol. The SMILES string of the molecule is CC[C@@H]1CN(C(=O)[C@@H]2CC(=O)N(C)[C@@H]2c2cccs2)C[C@H]1N(C)C. The molecule has 1 aromatic rings. The highest BCUT2D eigenvalue weighted by atomic mass is 32.1. The summed E-state index contributed by atoms with van der Waals surface area (Å²) in [6, 6.07) is 4.33. The van der Waals surface area contributed by atoms with Gasteiger partial charge in [0.15, 0.2) is 0 Å². The standard InChI is InChI=1S/C18H27N3O2S/c1-5-12-10-21(11-14(12)19(2)3)18(23)13-9-16(22)20(4)17(13)15-7-6-8-24-15/h6-8,12-14,17H,5,9-11H2,1-4H3/t12-,13-,14-,17+/m1/s1. The van der Waals surface area contributed by atoms with Crippen molar-refractivity contribution in [2.24, 2.45) is 11.8 Å². The predicted octanol–water partition coefficient (Wildman–Crippen LogP) is 2.07. The molecule has 24 heavy (non-hydrogen) atoms. The molecule has 5 nitrogen and oxygen atoms in total. The number of hydrogen-bond acceptors (Lipinski definition) is 4. The number of amides is 2. The van der Waals surface area contributed by atoms with Crippen molar-refractivity contribution in [3.05, 3.63) is 22.4 Å². The third-order valence-corrected chi connectivity index (χ3v) is 6.59. The largest absolute Gasteiger partial charge is 0.340 e. The number of likely N-dealkylation sites (N-methyl/N-ethyl adjacent to an activating group) is 1. The zero-order valence-corrected chi connectivity index (χ0v) is 15.8. The van der Waals surface area contributed by atoms with E-state index in [0.29, 0.717) is 18.4 Å². The number of hydrogen-bond donors (Lipinski definition) is 0. The van der Waals surface area contributed by atoms with E-state index in [2.05, 4.69) is 25.9 Å². The molecule has 2 saturated heterocycles. The van der Waals surface area contributed by atoms with Gasteiger partial charge in [-0.25, -0.2) is 0 Å². The van der Waals surface area contributed by atoms with Crippen molar-refractivity contribution < 1.29 is 9.59 Å². The topological polar surface area (TPSA) is 43.9 Å². The van der Waals surface area contributed by atoms with Crippen LogP contribution < -0.4 is 0 Å². The van der Waals surface area contributed by atoms with Crippen LogP contribution in [0.15, 0.2) is 17.5 Å². The quantitative estimate of drug-likeness (QED) is 0.836. The van der Waals surface area contributed by atoms with Gasteiger partial charge in [0, 0.05) is 37.5 Å². The maximum absolute atomic E-state index is 13.2. The first-order valence-electron chi connectivity index (χ1n) is 8.68. The van der Waals surface area contributed by atoms with Crippen LogP contribution >= 0.6 is 11.3 Å². The predicted molar refractivity (Wildman–Crippen MR) is 95.8 cm³/mol. The fourth-order valence-corrected chi connectivity index (χ4v) is 5.13. The van der Waals surface area contributed by atoms with Gasteiger partial charge in [-0.3, -0.25) is 9.59 Å². The minimum atomic E-state index is -0.250. The monoisotopic (exact) mass is 349 g/mol. The molecule has 3 heterocycles. The van der Waals surface area contributed by atoms with Gasteiger partial charge in [-0.05, 0) is 31.5 Å². The summed E-state index contributed by atoms with van der Waals surface area (Å²) < 4.78 is 0. The van der Waals surface area contributed by atoms with E-state index < -0.39 is 0 Å². The van der Waals surface area contributed by atoms with Gasteiger partial charge in [-0.1, -0.05) is 19.4 Å². The van der Waals surface area contributed by atoms with Gasteiger partial charge in [0.1, 0.15) is 0 Å². The minimum Gasteiger partial charge on any atom is -0.340 e. The second-order valence-electron chi connectivity index (χ2n) is 7.22. The summed E-state index contributed by atoms with van der Waals surface area (Å²) in [5.74, 6) is 0.481. The van der Waals surface area contributed by atoms with Crippen LogP contribution in [0.1, 0.15) is 30.7 Å². The Labute approximate surface area is 148 Å². The lowest BCUT2D eigenvalue weighted by molar-refractivity contribution is -0.135. The lowest BCUT2D eigenvalue weighted by Crippen LogP contribution is -2.39. The molecule has 0 aliphatic carbocycles. The highest BCUT2D eigenvalue weighted by molar-refractivity contribution is 7.10. The Balaban J connectivity index is 1.80. The molecule has 0 N–H and O–H groups in total. The fourth-order valence-electron chi connectivity index (χ4n) is 4.19. The molecule has 4 atom stereocenters. The molecule has 0 spiro atoms. The van der Waals surface area contributed by atoms with E-state index >= 15 is 0 Å². The van der Waals surface area contributed by atoms with Crippen molar-refractivity contribution in [2.45, 2.75) is 31.8 Å². The van der Waals surface area contributed by atoms with Gasteiger partial charge < -0.3 is 14.7 Å². The van der Waals surface area contributed by atoms with Gasteiger partial charge in [-0.2, -0.15) is 0 Å². The molecule has 2 amide bonds. The molecule has 0 unspecified atom stereocenters. The summed E-state index contributed by atoms with van der Waals surface area (Å²) in [6.07, 6.45) is 1.41. The van der Waals surface area contributed by atoms with Crippen LogP contribution in [0.3, 0.4) is 0 Å². The number of thiophene rings is 1. The molecule has 0 radical (unpaired) electrons. The number of nitrogens with zero attached hydrogens (tertiary/aromatic N) is 3. The van der Waals surface area contributed by atoms with Gasteiger partial charge in [-0.15, -0.1) is 11.3 Å². The summed E-state index contributed by atoms with van der Waals surface area (Å²) in [6.45, 7) is 3.77. The Kier molecular flexibility index (Phi) is 4.97. The second-order valence-corrected chi connectivity index (χ2v) is 8.20. The van der Waals surface area contributed by atoms with Crippen LogP contribution in [-0.2, 0) is 9.59 Å². The second kappa shape index (κ2) is 6.84. The van der Waals surface area contributed by atoms with Crippen LogP contribution in [0, 0.1) is 11.8 Å². The van der Waals surface area contributed by atoms with Crippen molar-refractivity contribution in [1.29, 1.82) is 0 Å². The van der Waals surface area contributed by atoms with Gasteiger partial charge in [0.05, 0.1) is 12.0 Å². The number of carbonyl (C=O) groups is 2. The average molecular weight is 350 g/mol. The maximum Gasteiger partial charge on any atom is 0.228 e. The van der Waals surface area contributed by atoms with E-state index in [-0.39, 0.29) is 23.8 Å². The Morgan fingerprint density at radius 1 is 1.38 bits per heavy atom. The molecule has 2 aliphatic heterocycles. The lowest BCUT2D eigenvalue weighted by Gasteiger charge is -2.27. The summed E-state index contributed by atoms with van der Waals surface area (Å²) >= 11 is 1.63. The number of carbonyl (C=O) groups excluding carboxylic acids is 2. The number of likely N-dealkylation sites (tertiary alicyclic amines) is 2. The lowest BCUT2D eigenvalue weighted by atomic mass is 9.97. The first-order chi connectivity index (χ1) is 11.4. The maximum atomic E-state index is 13.2. The first-order valence-corrected chi connectivity index (χ1v) is 9.56. The molecule has 2 aliphatic rings. The first kappa shape index (κ1) is 17.4. The molecule has 0 bridgehead atoms. The van der Waals surface area contributed by atoms with E-state index in [1.807, 2.05) is 29.5 Å². The normalized spacial score (nSPS) is 30.6. The summed E-state index contributed by atoms with van der Waals surface area (Å²) in [5, 5.41) is 2.01. The molecule has 0 aromatic carbocycles.